The van der Waals surface area contributed by atoms with Crippen molar-refractivity contribution >= 4 is 5.78 Å². The SMILES string of the molecule is COC(C)(C)CCn1cc(C(=O)C(F)(F)F)nn1. The molecule has 0 amide bonds. The van der Waals surface area contributed by atoms with Gasteiger partial charge in [0.15, 0.2) is 5.69 Å². The van der Waals surface area contributed by atoms with Gasteiger partial charge in [-0.2, -0.15) is 13.2 Å². The Kier molecular flexibility index (Phi) is 4.10. The number of hydrogen-bond acceptors (Lipinski definition) is 4. The maximum atomic E-state index is 12.1. The van der Waals surface area contributed by atoms with E-state index in [1.807, 2.05) is 13.8 Å². The van der Waals surface area contributed by atoms with Crippen molar-refractivity contribution in [3.05, 3.63) is 11.9 Å². The van der Waals surface area contributed by atoms with Crippen LogP contribution in [0.4, 0.5) is 13.2 Å². The van der Waals surface area contributed by atoms with Crippen LogP contribution in [-0.4, -0.2) is 39.7 Å². The van der Waals surface area contributed by atoms with Crippen LogP contribution in [0.25, 0.3) is 0 Å². The average Bonchev–Trinajstić information content (AvgIpc) is 2.73. The molecule has 0 bridgehead atoms. The van der Waals surface area contributed by atoms with Crippen molar-refractivity contribution in [1.29, 1.82) is 0 Å². The Balaban J connectivity index is 2.68. The second-order valence-electron chi connectivity index (χ2n) is 4.41. The fourth-order valence-corrected chi connectivity index (χ4v) is 1.14. The fraction of sp³-hybridized carbons (Fsp3) is 0.700. The van der Waals surface area contributed by atoms with Crippen molar-refractivity contribution in [3.8, 4) is 0 Å². The molecule has 0 radical (unpaired) electrons. The lowest BCUT2D eigenvalue weighted by Gasteiger charge is -2.22. The predicted octanol–water partition coefficient (Wildman–Crippen LogP) is 1.84. The van der Waals surface area contributed by atoms with Crippen LogP contribution in [0.15, 0.2) is 6.20 Å². The van der Waals surface area contributed by atoms with Gasteiger partial charge in [-0.1, -0.05) is 5.21 Å². The molecule has 18 heavy (non-hydrogen) atoms. The summed E-state index contributed by atoms with van der Waals surface area (Å²) in [5, 5.41) is 6.69. The van der Waals surface area contributed by atoms with Crippen LogP contribution in [0.3, 0.4) is 0 Å². The molecule has 102 valence electrons. The molecule has 1 rings (SSSR count). The Morgan fingerprint density at radius 2 is 2.06 bits per heavy atom. The van der Waals surface area contributed by atoms with Gasteiger partial charge in [-0.05, 0) is 20.3 Å². The normalized spacial score (nSPS) is 12.8. The Hall–Kier alpha value is -1.44. The third-order valence-corrected chi connectivity index (χ3v) is 2.52. The van der Waals surface area contributed by atoms with E-state index in [1.54, 1.807) is 7.11 Å². The van der Waals surface area contributed by atoms with E-state index in [1.165, 1.54) is 4.68 Å². The molecule has 1 aromatic heterocycles. The molecule has 0 N–H and O–H groups in total. The van der Waals surface area contributed by atoms with Crippen LogP contribution in [-0.2, 0) is 11.3 Å². The third-order valence-electron chi connectivity index (χ3n) is 2.52. The van der Waals surface area contributed by atoms with Crippen LogP contribution in [0.5, 0.6) is 0 Å². The number of rotatable bonds is 5. The highest BCUT2D eigenvalue weighted by atomic mass is 19.4. The van der Waals surface area contributed by atoms with E-state index in [0.29, 0.717) is 13.0 Å². The van der Waals surface area contributed by atoms with Gasteiger partial charge in [-0.15, -0.1) is 5.10 Å². The van der Waals surface area contributed by atoms with Crippen molar-refractivity contribution in [2.45, 2.75) is 38.6 Å². The lowest BCUT2D eigenvalue weighted by Crippen LogP contribution is -2.24. The Morgan fingerprint density at radius 1 is 1.44 bits per heavy atom. The Morgan fingerprint density at radius 3 is 2.56 bits per heavy atom. The molecule has 0 aliphatic heterocycles. The molecule has 0 aromatic carbocycles. The van der Waals surface area contributed by atoms with Gasteiger partial charge in [0.1, 0.15) is 0 Å². The first kappa shape index (κ1) is 14.6. The number of carbonyl (C=O) groups is 1. The largest absolute Gasteiger partial charge is 0.456 e. The molecule has 0 unspecified atom stereocenters. The number of aromatic nitrogens is 3. The van der Waals surface area contributed by atoms with Gasteiger partial charge in [-0.25, -0.2) is 0 Å². The highest BCUT2D eigenvalue weighted by Gasteiger charge is 2.41. The van der Waals surface area contributed by atoms with Crippen molar-refractivity contribution in [1.82, 2.24) is 15.0 Å². The number of ketones is 1. The molecule has 8 heteroatoms. The number of alkyl halides is 3. The van der Waals surface area contributed by atoms with Crippen LogP contribution >= 0.6 is 0 Å². The highest BCUT2D eigenvalue weighted by Crippen LogP contribution is 2.20. The van der Waals surface area contributed by atoms with Gasteiger partial charge in [0.2, 0.25) is 0 Å². The molecule has 5 nitrogen and oxygen atoms in total. The number of aryl methyl sites for hydroxylation is 1. The van der Waals surface area contributed by atoms with E-state index in [9.17, 15) is 18.0 Å². The molecule has 0 saturated carbocycles. The standard InChI is InChI=1S/C10H14F3N3O2/c1-9(2,18-3)4-5-16-6-7(14-15-16)8(17)10(11,12)13/h6H,4-5H2,1-3H3. The van der Waals surface area contributed by atoms with Crippen LogP contribution in [0.2, 0.25) is 0 Å². The van der Waals surface area contributed by atoms with E-state index < -0.39 is 23.3 Å². The summed E-state index contributed by atoms with van der Waals surface area (Å²) < 4.78 is 42.7. The molecule has 0 aliphatic rings. The lowest BCUT2D eigenvalue weighted by molar-refractivity contribution is -0.0888. The average molecular weight is 265 g/mol. The second-order valence-corrected chi connectivity index (χ2v) is 4.41. The summed E-state index contributed by atoms with van der Waals surface area (Å²) in [6.45, 7) is 4.00. The predicted molar refractivity (Wildman–Crippen MR) is 56.1 cm³/mol. The van der Waals surface area contributed by atoms with Gasteiger partial charge >= 0.3 is 6.18 Å². The number of hydrogen-bond donors (Lipinski definition) is 0. The van der Waals surface area contributed by atoms with Crippen molar-refractivity contribution in [2.24, 2.45) is 0 Å². The summed E-state index contributed by atoms with van der Waals surface area (Å²) >= 11 is 0. The van der Waals surface area contributed by atoms with Gasteiger partial charge in [-0.3, -0.25) is 9.48 Å². The van der Waals surface area contributed by atoms with Crippen LogP contribution in [0.1, 0.15) is 30.8 Å². The van der Waals surface area contributed by atoms with Crippen molar-refractivity contribution < 1.29 is 22.7 Å². The Bertz CT molecular complexity index is 426. The molecule has 0 spiro atoms. The summed E-state index contributed by atoms with van der Waals surface area (Å²) in [4.78, 5) is 10.9. The first-order valence-corrected chi connectivity index (χ1v) is 5.22. The highest BCUT2D eigenvalue weighted by molar-refractivity contribution is 5.98. The fourth-order valence-electron chi connectivity index (χ4n) is 1.14. The van der Waals surface area contributed by atoms with E-state index >= 15 is 0 Å². The minimum absolute atomic E-state index is 0.318. The maximum absolute atomic E-state index is 12.1. The maximum Gasteiger partial charge on any atom is 0.456 e. The van der Waals surface area contributed by atoms with Gasteiger partial charge in [0.05, 0.1) is 11.8 Å². The molecule has 1 heterocycles. The molecular formula is C10H14F3N3O2. The number of methoxy groups -OCH3 is 1. The van der Waals surface area contributed by atoms with E-state index in [4.69, 9.17) is 4.74 Å². The van der Waals surface area contributed by atoms with Gasteiger partial charge in [0.25, 0.3) is 5.78 Å². The monoisotopic (exact) mass is 265 g/mol. The minimum Gasteiger partial charge on any atom is -0.379 e. The van der Waals surface area contributed by atoms with Crippen LogP contribution in [0, 0.1) is 0 Å². The second kappa shape index (κ2) is 5.05. The zero-order valence-corrected chi connectivity index (χ0v) is 10.3. The molecule has 0 fully saturated rings. The topological polar surface area (TPSA) is 57.0 Å². The summed E-state index contributed by atoms with van der Waals surface area (Å²) in [5.74, 6) is -1.99. The smallest absolute Gasteiger partial charge is 0.379 e. The van der Waals surface area contributed by atoms with E-state index in [-0.39, 0.29) is 0 Å². The minimum atomic E-state index is -4.92. The molecular weight excluding hydrogens is 251 g/mol. The van der Waals surface area contributed by atoms with Crippen LogP contribution < -0.4 is 0 Å². The van der Waals surface area contributed by atoms with Gasteiger partial charge < -0.3 is 4.74 Å². The van der Waals surface area contributed by atoms with Crippen molar-refractivity contribution in [2.75, 3.05) is 7.11 Å². The molecule has 0 atom stereocenters. The number of ether oxygens (including phenoxy) is 1. The van der Waals surface area contributed by atoms with E-state index in [2.05, 4.69) is 10.3 Å². The van der Waals surface area contributed by atoms with Crippen molar-refractivity contribution in [3.63, 3.8) is 0 Å². The summed E-state index contributed by atoms with van der Waals surface area (Å²) in [7, 11) is 1.54. The number of carbonyl (C=O) groups excluding carboxylic acids is 1. The zero-order valence-electron chi connectivity index (χ0n) is 10.3. The van der Waals surface area contributed by atoms with E-state index in [0.717, 1.165) is 6.20 Å². The summed E-state index contributed by atoms with van der Waals surface area (Å²) in [6, 6.07) is 0. The molecule has 0 saturated heterocycles. The summed E-state index contributed by atoms with van der Waals surface area (Å²) in [5.41, 5.74) is -1.11. The number of halogens is 3. The number of Topliss-reactive ketones (excluding diaryl/α,β-unsaturated/α-hetero) is 1. The quantitative estimate of drug-likeness (QED) is 0.762. The Labute approximate surface area is 102 Å². The summed E-state index contributed by atoms with van der Waals surface area (Å²) in [6.07, 6.45) is -3.40. The third kappa shape index (κ3) is 3.80. The van der Waals surface area contributed by atoms with Gasteiger partial charge in [0, 0.05) is 13.7 Å². The zero-order chi connectivity index (χ0) is 14.0. The first-order valence-electron chi connectivity index (χ1n) is 5.22. The first-order chi connectivity index (χ1) is 8.15. The lowest BCUT2D eigenvalue weighted by atomic mass is 10.1. The number of nitrogens with zero attached hydrogens (tertiary/aromatic N) is 3. The molecule has 0 aliphatic carbocycles. The molecule has 1 aromatic rings.